The summed E-state index contributed by atoms with van der Waals surface area (Å²) >= 11 is 0. The van der Waals surface area contributed by atoms with Crippen molar-refractivity contribution in [3.05, 3.63) is 0 Å². The summed E-state index contributed by atoms with van der Waals surface area (Å²) < 4.78 is 5.07. The van der Waals surface area contributed by atoms with Crippen molar-refractivity contribution in [1.29, 1.82) is 0 Å². The number of carboxylic acids is 1. The Balaban J connectivity index is 4.36. The molecule has 8 nitrogen and oxygen atoms in total. The van der Waals surface area contributed by atoms with Crippen LogP contribution in [0.5, 0.6) is 0 Å². The fraction of sp³-hybridized carbons (Fsp3) is 0.800. The number of carboxylic acid groups (broad SMARTS) is 1. The van der Waals surface area contributed by atoms with E-state index in [2.05, 4.69) is 20.9 Å². The number of rotatable bonds is 8. The molecule has 0 aliphatic heterocycles. The summed E-state index contributed by atoms with van der Waals surface area (Å²) in [5, 5.41) is 17.7. The van der Waals surface area contributed by atoms with E-state index in [1.165, 1.54) is 0 Å². The van der Waals surface area contributed by atoms with E-state index in [0.717, 1.165) is 13.1 Å². The molecule has 1 atom stereocenters. The lowest BCUT2D eigenvalue weighted by Gasteiger charge is -2.21. The predicted molar refractivity (Wildman–Crippen MR) is 89.7 cm³/mol. The highest BCUT2D eigenvalue weighted by atomic mass is 16.6. The Morgan fingerprint density at radius 1 is 1.17 bits per heavy atom. The Morgan fingerprint density at radius 3 is 2.17 bits per heavy atom. The summed E-state index contributed by atoms with van der Waals surface area (Å²) in [6.45, 7) is 11.1. The molecular formula is C15H30N4O4. The second-order valence-corrected chi connectivity index (χ2v) is 5.97. The number of aliphatic carboxylic acids is 1. The molecule has 1 amide bonds. The molecule has 23 heavy (non-hydrogen) atoms. The number of alkyl carbamates (subject to hydrolysis) is 1. The van der Waals surface area contributed by atoms with Gasteiger partial charge in [-0.15, -0.1) is 0 Å². The van der Waals surface area contributed by atoms with Crippen molar-refractivity contribution < 1.29 is 19.4 Å². The topological polar surface area (TPSA) is 112 Å². The number of amides is 1. The zero-order valence-corrected chi connectivity index (χ0v) is 14.7. The van der Waals surface area contributed by atoms with Crippen LogP contribution in [0.25, 0.3) is 0 Å². The van der Waals surface area contributed by atoms with Gasteiger partial charge in [0.05, 0.1) is 0 Å². The van der Waals surface area contributed by atoms with E-state index in [1.54, 1.807) is 20.8 Å². The Kier molecular flexibility index (Phi) is 9.76. The minimum Gasteiger partial charge on any atom is -0.480 e. The number of aliphatic imine (C=N–C) groups is 1. The molecule has 0 aromatic carbocycles. The van der Waals surface area contributed by atoms with Crippen molar-refractivity contribution in [2.45, 2.75) is 59.1 Å². The number of guanidine groups is 1. The number of ether oxygens (including phenoxy) is 1. The lowest BCUT2D eigenvalue weighted by atomic mass is 10.1. The monoisotopic (exact) mass is 330 g/mol. The van der Waals surface area contributed by atoms with Gasteiger partial charge in [0.1, 0.15) is 11.6 Å². The van der Waals surface area contributed by atoms with Crippen LogP contribution in [0.1, 0.15) is 47.5 Å². The minimum absolute atomic E-state index is 0.281. The molecule has 0 saturated carbocycles. The summed E-state index contributed by atoms with van der Waals surface area (Å²) in [6.07, 6.45) is 0.0887. The van der Waals surface area contributed by atoms with Gasteiger partial charge >= 0.3 is 12.1 Å². The summed E-state index contributed by atoms with van der Waals surface area (Å²) in [4.78, 5) is 27.2. The van der Waals surface area contributed by atoms with Crippen LogP contribution in [0, 0.1) is 0 Å². The highest BCUT2D eigenvalue weighted by Crippen LogP contribution is 2.07. The van der Waals surface area contributed by atoms with E-state index in [1.807, 2.05) is 13.8 Å². The maximum atomic E-state index is 11.6. The SMILES string of the molecule is CCNC(=NCCC[C@@H](NC(=O)OC(C)(C)C)C(=O)O)NCC. The number of carbonyl (C=O) groups is 2. The molecule has 134 valence electrons. The molecule has 0 spiro atoms. The average molecular weight is 330 g/mol. The van der Waals surface area contributed by atoms with E-state index in [4.69, 9.17) is 9.84 Å². The first-order chi connectivity index (χ1) is 10.7. The minimum atomic E-state index is -1.08. The molecule has 0 unspecified atom stereocenters. The Morgan fingerprint density at radius 2 is 1.74 bits per heavy atom. The lowest BCUT2D eigenvalue weighted by molar-refractivity contribution is -0.139. The molecule has 0 aromatic heterocycles. The van der Waals surface area contributed by atoms with Crippen molar-refractivity contribution in [3.8, 4) is 0 Å². The fourth-order valence-electron chi connectivity index (χ4n) is 1.70. The van der Waals surface area contributed by atoms with Crippen LogP contribution < -0.4 is 16.0 Å². The van der Waals surface area contributed by atoms with Gasteiger partial charge in [-0.25, -0.2) is 9.59 Å². The Bertz CT molecular complexity index is 397. The van der Waals surface area contributed by atoms with Crippen LogP contribution in [0.4, 0.5) is 4.79 Å². The highest BCUT2D eigenvalue weighted by Gasteiger charge is 2.23. The van der Waals surface area contributed by atoms with E-state index in [0.29, 0.717) is 18.9 Å². The normalized spacial score (nSPS) is 12.0. The van der Waals surface area contributed by atoms with Gasteiger partial charge in [0.2, 0.25) is 0 Å². The quantitative estimate of drug-likeness (QED) is 0.303. The largest absolute Gasteiger partial charge is 0.480 e. The molecule has 0 aliphatic carbocycles. The molecule has 0 bridgehead atoms. The van der Waals surface area contributed by atoms with Crippen molar-refractivity contribution in [2.24, 2.45) is 4.99 Å². The standard InChI is InChI=1S/C15H30N4O4/c1-6-16-13(17-7-2)18-10-8-9-11(12(20)21)19-14(22)23-15(3,4)5/h11H,6-10H2,1-5H3,(H,19,22)(H,20,21)(H2,16,17,18)/t11-/m1/s1. The van der Waals surface area contributed by atoms with Crippen molar-refractivity contribution in [1.82, 2.24) is 16.0 Å². The predicted octanol–water partition coefficient (Wildman–Crippen LogP) is 1.32. The molecule has 0 radical (unpaired) electrons. The van der Waals surface area contributed by atoms with E-state index >= 15 is 0 Å². The molecule has 0 heterocycles. The number of nitrogens with one attached hydrogen (secondary N) is 3. The summed E-state index contributed by atoms with van der Waals surface area (Å²) in [6, 6.07) is -0.984. The molecule has 4 N–H and O–H groups in total. The van der Waals surface area contributed by atoms with Crippen LogP contribution in [-0.4, -0.2) is 54.4 Å². The first-order valence-corrected chi connectivity index (χ1v) is 7.94. The second-order valence-electron chi connectivity index (χ2n) is 5.97. The lowest BCUT2D eigenvalue weighted by Crippen LogP contribution is -2.43. The third-order valence-electron chi connectivity index (χ3n) is 2.60. The number of carbonyl (C=O) groups excluding carboxylic acids is 1. The van der Waals surface area contributed by atoms with Gasteiger partial charge in [-0.3, -0.25) is 4.99 Å². The molecule has 0 saturated heterocycles. The summed E-state index contributed by atoms with van der Waals surface area (Å²) in [5.41, 5.74) is -0.663. The van der Waals surface area contributed by atoms with Gasteiger partial charge < -0.3 is 25.8 Å². The molecular weight excluding hydrogens is 300 g/mol. The van der Waals surface area contributed by atoms with Crippen molar-refractivity contribution in [2.75, 3.05) is 19.6 Å². The van der Waals surface area contributed by atoms with Crippen LogP contribution in [0.3, 0.4) is 0 Å². The van der Waals surface area contributed by atoms with Crippen LogP contribution in [0.2, 0.25) is 0 Å². The van der Waals surface area contributed by atoms with Gasteiger partial charge in [-0.05, 0) is 47.5 Å². The third kappa shape index (κ3) is 11.3. The van der Waals surface area contributed by atoms with Crippen LogP contribution in [-0.2, 0) is 9.53 Å². The zero-order chi connectivity index (χ0) is 17.9. The maximum Gasteiger partial charge on any atom is 0.408 e. The Hall–Kier alpha value is -1.99. The highest BCUT2D eigenvalue weighted by molar-refractivity contribution is 5.80. The number of hydrogen-bond donors (Lipinski definition) is 4. The average Bonchev–Trinajstić information content (AvgIpc) is 2.40. The Labute approximate surface area is 138 Å². The molecule has 0 fully saturated rings. The maximum absolute atomic E-state index is 11.6. The third-order valence-corrected chi connectivity index (χ3v) is 2.60. The number of nitrogens with zero attached hydrogens (tertiary/aromatic N) is 1. The molecule has 0 rings (SSSR count). The first kappa shape index (κ1) is 21.0. The van der Waals surface area contributed by atoms with Crippen LogP contribution in [0.15, 0.2) is 4.99 Å². The molecule has 0 aromatic rings. The summed E-state index contributed by atoms with van der Waals surface area (Å²) in [7, 11) is 0. The van der Waals surface area contributed by atoms with Crippen LogP contribution >= 0.6 is 0 Å². The smallest absolute Gasteiger partial charge is 0.408 e. The van der Waals surface area contributed by atoms with Gasteiger partial charge in [0.25, 0.3) is 0 Å². The second kappa shape index (κ2) is 10.7. The van der Waals surface area contributed by atoms with Gasteiger partial charge in [-0.1, -0.05) is 0 Å². The molecule has 8 heteroatoms. The van der Waals surface area contributed by atoms with Crippen molar-refractivity contribution >= 4 is 18.0 Å². The van der Waals surface area contributed by atoms with E-state index < -0.39 is 23.7 Å². The van der Waals surface area contributed by atoms with Gasteiger partial charge in [0, 0.05) is 19.6 Å². The van der Waals surface area contributed by atoms with Gasteiger partial charge in [-0.2, -0.15) is 0 Å². The van der Waals surface area contributed by atoms with Crippen molar-refractivity contribution in [3.63, 3.8) is 0 Å². The summed E-state index contributed by atoms with van der Waals surface area (Å²) in [5.74, 6) is -0.389. The first-order valence-electron chi connectivity index (χ1n) is 7.94. The zero-order valence-electron chi connectivity index (χ0n) is 14.7. The van der Waals surface area contributed by atoms with Gasteiger partial charge in [0.15, 0.2) is 5.96 Å². The fourth-order valence-corrected chi connectivity index (χ4v) is 1.70. The number of hydrogen-bond acceptors (Lipinski definition) is 4. The van der Waals surface area contributed by atoms with E-state index in [-0.39, 0.29) is 6.42 Å². The molecule has 0 aliphatic rings. The van der Waals surface area contributed by atoms with E-state index in [9.17, 15) is 9.59 Å².